The van der Waals surface area contributed by atoms with Crippen LogP contribution >= 0.6 is 11.8 Å². The number of thioether (sulfide) groups is 1. The van der Waals surface area contributed by atoms with Crippen molar-refractivity contribution < 1.29 is 4.79 Å². The topological polar surface area (TPSA) is 41.5 Å². The van der Waals surface area contributed by atoms with Gasteiger partial charge in [0, 0.05) is 16.0 Å². The van der Waals surface area contributed by atoms with E-state index in [-0.39, 0.29) is 12.5 Å². The maximum absolute atomic E-state index is 11.8. The maximum Gasteiger partial charge on any atom is 0.246 e. The summed E-state index contributed by atoms with van der Waals surface area (Å²) in [6.07, 6.45) is 0. The third-order valence-electron chi connectivity index (χ3n) is 3.26. The van der Waals surface area contributed by atoms with Crippen LogP contribution in [-0.2, 0) is 4.79 Å². The van der Waals surface area contributed by atoms with Gasteiger partial charge < -0.3 is 5.32 Å². The fourth-order valence-electron chi connectivity index (χ4n) is 2.35. The number of rotatable bonds is 3. The molecule has 3 rings (SSSR count). The van der Waals surface area contributed by atoms with Gasteiger partial charge in [-0.2, -0.15) is 0 Å². The molecule has 0 unspecified atom stereocenters. The Kier molecular flexibility index (Phi) is 4.06. The molecule has 1 aliphatic heterocycles. The molecule has 0 fully saturated rings. The first-order valence-electron chi connectivity index (χ1n) is 6.95. The van der Waals surface area contributed by atoms with E-state index in [0.717, 1.165) is 28.3 Å². The number of nitrogens with one attached hydrogen (secondary N) is 1. The lowest BCUT2D eigenvalue weighted by Gasteiger charge is -2.11. The number of carbonyl (C=O) groups excluding carboxylic acids is 1. The molecule has 1 aliphatic rings. The van der Waals surface area contributed by atoms with Gasteiger partial charge in [-0.05, 0) is 24.0 Å². The highest BCUT2D eigenvalue weighted by atomic mass is 32.2. The lowest BCUT2D eigenvalue weighted by Crippen LogP contribution is -2.13. The van der Waals surface area contributed by atoms with E-state index >= 15 is 0 Å². The van der Waals surface area contributed by atoms with Crippen LogP contribution in [0.25, 0.3) is 0 Å². The molecule has 0 aromatic heterocycles. The number of carbonyl (C=O) groups is 1. The smallest absolute Gasteiger partial charge is 0.246 e. The van der Waals surface area contributed by atoms with Gasteiger partial charge in [0.2, 0.25) is 5.91 Å². The zero-order chi connectivity index (χ0) is 14.7. The van der Waals surface area contributed by atoms with Gasteiger partial charge in [0.15, 0.2) is 0 Å². The first-order valence-corrected chi connectivity index (χ1v) is 7.93. The van der Waals surface area contributed by atoms with E-state index in [4.69, 9.17) is 0 Å². The quantitative estimate of drug-likeness (QED) is 0.879. The van der Waals surface area contributed by atoms with Crippen molar-refractivity contribution in [3.8, 4) is 0 Å². The predicted molar refractivity (Wildman–Crippen MR) is 88.4 cm³/mol. The van der Waals surface area contributed by atoms with Crippen LogP contribution in [0.4, 0.5) is 5.69 Å². The summed E-state index contributed by atoms with van der Waals surface area (Å²) in [5.41, 5.74) is 3.74. The molecule has 1 amide bonds. The molecule has 0 bridgehead atoms. The number of benzene rings is 2. The molecule has 0 aliphatic carbocycles. The van der Waals surface area contributed by atoms with Gasteiger partial charge in [0.25, 0.3) is 0 Å². The van der Waals surface area contributed by atoms with E-state index in [9.17, 15) is 4.79 Å². The van der Waals surface area contributed by atoms with E-state index in [1.807, 2.05) is 42.5 Å². The van der Waals surface area contributed by atoms with E-state index in [0.29, 0.717) is 0 Å². The Morgan fingerprint density at radius 2 is 2.00 bits per heavy atom. The van der Waals surface area contributed by atoms with E-state index in [1.165, 1.54) is 4.90 Å². The van der Waals surface area contributed by atoms with Crippen molar-refractivity contribution in [2.75, 3.05) is 17.6 Å². The van der Waals surface area contributed by atoms with E-state index in [1.54, 1.807) is 11.8 Å². The van der Waals surface area contributed by atoms with Crippen LogP contribution in [0.5, 0.6) is 0 Å². The minimum atomic E-state index is -0.0712. The third kappa shape index (κ3) is 3.00. The molecule has 3 nitrogen and oxygen atoms in total. The number of nitrogens with zero attached hydrogens (tertiary/aromatic N) is 1. The summed E-state index contributed by atoms with van der Waals surface area (Å²) in [6.45, 7) is 2.29. The molecule has 2 aromatic carbocycles. The van der Waals surface area contributed by atoms with Crippen LogP contribution in [0.1, 0.15) is 18.1 Å². The molecule has 1 heterocycles. The number of anilines is 1. The monoisotopic (exact) mass is 296 g/mol. The Balaban J connectivity index is 2.13. The molecule has 2 aromatic rings. The number of fused-ring (bicyclic) bond motifs is 1. The van der Waals surface area contributed by atoms with Gasteiger partial charge in [0.05, 0.1) is 11.4 Å². The standard InChI is InChI=1S/C17H16N2OS/c1-2-21-13-8-9-15-14(10-13)17(18-11-16(20)19-15)12-6-4-3-5-7-12/h3-10H,2,11H2,1H3,(H,19,20). The first-order chi connectivity index (χ1) is 10.3. The lowest BCUT2D eigenvalue weighted by atomic mass is 10.0. The van der Waals surface area contributed by atoms with Gasteiger partial charge >= 0.3 is 0 Å². The Morgan fingerprint density at radius 3 is 2.76 bits per heavy atom. The highest BCUT2D eigenvalue weighted by Crippen LogP contribution is 2.28. The summed E-state index contributed by atoms with van der Waals surface area (Å²) in [6, 6.07) is 16.1. The van der Waals surface area contributed by atoms with Crippen LogP contribution in [0.15, 0.2) is 58.4 Å². The molecule has 0 spiro atoms. The highest BCUT2D eigenvalue weighted by Gasteiger charge is 2.18. The molecular formula is C17H16N2OS. The largest absolute Gasteiger partial charge is 0.324 e. The Labute approximate surface area is 128 Å². The van der Waals surface area contributed by atoms with Crippen molar-refractivity contribution in [2.45, 2.75) is 11.8 Å². The van der Waals surface area contributed by atoms with Crippen molar-refractivity contribution in [3.05, 3.63) is 59.7 Å². The highest BCUT2D eigenvalue weighted by molar-refractivity contribution is 7.99. The predicted octanol–water partition coefficient (Wildman–Crippen LogP) is 3.59. The second-order valence-electron chi connectivity index (χ2n) is 4.72. The average molecular weight is 296 g/mol. The zero-order valence-corrected chi connectivity index (χ0v) is 12.6. The second kappa shape index (κ2) is 6.14. The molecule has 21 heavy (non-hydrogen) atoms. The fourth-order valence-corrected chi connectivity index (χ4v) is 3.05. The van der Waals surface area contributed by atoms with Gasteiger partial charge in [0.1, 0.15) is 6.54 Å². The summed E-state index contributed by atoms with van der Waals surface area (Å²) in [5.74, 6) is 0.946. The molecule has 106 valence electrons. The molecular weight excluding hydrogens is 280 g/mol. The number of hydrogen-bond acceptors (Lipinski definition) is 3. The van der Waals surface area contributed by atoms with Crippen LogP contribution in [0.2, 0.25) is 0 Å². The van der Waals surface area contributed by atoms with Gasteiger partial charge in [-0.25, -0.2) is 0 Å². The summed E-state index contributed by atoms with van der Waals surface area (Å²) in [7, 11) is 0. The van der Waals surface area contributed by atoms with Gasteiger partial charge in [-0.1, -0.05) is 37.3 Å². The molecule has 4 heteroatoms. The fraction of sp³-hybridized carbons (Fsp3) is 0.176. The van der Waals surface area contributed by atoms with Crippen molar-refractivity contribution >= 4 is 29.1 Å². The molecule has 0 saturated carbocycles. The second-order valence-corrected chi connectivity index (χ2v) is 6.06. The van der Waals surface area contributed by atoms with Crippen LogP contribution in [0.3, 0.4) is 0 Å². The van der Waals surface area contributed by atoms with Crippen LogP contribution in [0, 0.1) is 0 Å². The van der Waals surface area contributed by atoms with Gasteiger partial charge in [-0.3, -0.25) is 9.79 Å². The zero-order valence-electron chi connectivity index (χ0n) is 11.8. The Bertz CT molecular complexity index is 695. The summed E-state index contributed by atoms with van der Waals surface area (Å²) < 4.78 is 0. The van der Waals surface area contributed by atoms with E-state index in [2.05, 4.69) is 23.3 Å². The third-order valence-corrected chi connectivity index (χ3v) is 4.14. The molecule has 0 radical (unpaired) electrons. The first kappa shape index (κ1) is 13.9. The Morgan fingerprint density at radius 1 is 1.19 bits per heavy atom. The number of hydrogen-bond donors (Lipinski definition) is 1. The summed E-state index contributed by atoms with van der Waals surface area (Å²) >= 11 is 1.79. The minimum absolute atomic E-state index is 0.0712. The number of benzodiazepines with no additional fused rings is 1. The maximum atomic E-state index is 11.8. The SMILES string of the molecule is CCSc1ccc2c(c1)C(c1ccccc1)=NCC(=O)N2. The normalized spacial score (nSPS) is 14.0. The van der Waals surface area contributed by atoms with Crippen molar-refractivity contribution in [1.82, 2.24) is 0 Å². The van der Waals surface area contributed by atoms with Crippen LogP contribution < -0.4 is 5.32 Å². The summed E-state index contributed by atoms with van der Waals surface area (Å²) in [4.78, 5) is 17.5. The Hall–Kier alpha value is -2.07. The number of amides is 1. The van der Waals surface area contributed by atoms with Crippen molar-refractivity contribution in [2.24, 2.45) is 4.99 Å². The molecule has 0 atom stereocenters. The number of aliphatic imine (C=N–C) groups is 1. The lowest BCUT2D eigenvalue weighted by molar-refractivity contribution is -0.114. The minimum Gasteiger partial charge on any atom is -0.324 e. The van der Waals surface area contributed by atoms with Gasteiger partial charge in [-0.15, -0.1) is 11.8 Å². The molecule has 1 N–H and O–H groups in total. The van der Waals surface area contributed by atoms with Crippen molar-refractivity contribution in [1.29, 1.82) is 0 Å². The van der Waals surface area contributed by atoms with E-state index < -0.39 is 0 Å². The summed E-state index contributed by atoms with van der Waals surface area (Å²) in [5, 5.41) is 2.93. The average Bonchev–Trinajstić information content (AvgIpc) is 2.67. The van der Waals surface area contributed by atoms with Crippen molar-refractivity contribution in [3.63, 3.8) is 0 Å². The molecule has 0 saturated heterocycles. The van der Waals surface area contributed by atoms with Crippen LogP contribution in [-0.4, -0.2) is 23.9 Å².